The van der Waals surface area contributed by atoms with Gasteiger partial charge >= 0.3 is 0 Å². The van der Waals surface area contributed by atoms with Crippen LogP contribution in [-0.4, -0.2) is 0 Å². The number of nitrogens with one attached hydrogen (secondary N) is 1. The Bertz CT molecular complexity index is 717. The molecule has 1 aliphatic heterocycles. The van der Waals surface area contributed by atoms with Gasteiger partial charge in [0, 0.05) is 16.8 Å². The first kappa shape index (κ1) is 17.1. The van der Waals surface area contributed by atoms with Crippen molar-refractivity contribution in [2.24, 2.45) is 0 Å². The first-order valence-electron chi connectivity index (χ1n) is 8.98. The van der Waals surface area contributed by atoms with Crippen LogP contribution < -0.4 is 5.32 Å². The number of anilines is 2. The third-order valence-corrected chi connectivity index (χ3v) is 5.39. The minimum Gasteiger partial charge on any atom is -0.355 e. The molecule has 2 aromatic rings. The van der Waals surface area contributed by atoms with Crippen LogP contribution in [0.1, 0.15) is 77.6 Å². The van der Waals surface area contributed by atoms with E-state index in [1.165, 1.54) is 33.6 Å². The van der Waals surface area contributed by atoms with Crippen LogP contribution in [0.15, 0.2) is 36.4 Å². The van der Waals surface area contributed by atoms with Crippen molar-refractivity contribution < 1.29 is 0 Å². The highest BCUT2D eigenvalue weighted by Gasteiger charge is 2.33. The molecule has 0 aliphatic carbocycles. The van der Waals surface area contributed by atoms with Crippen LogP contribution in [0.3, 0.4) is 0 Å². The van der Waals surface area contributed by atoms with Gasteiger partial charge in [-0.2, -0.15) is 0 Å². The first-order chi connectivity index (χ1) is 10.9. The summed E-state index contributed by atoms with van der Waals surface area (Å²) in [6, 6.07) is 13.9. The normalized spacial score (nSPS) is 16.2. The molecule has 2 aromatic carbocycles. The van der Waals surface area contributed by atoms with Gasteiger partial charge in [-0.3, -0.25) is 0 Å². The van der Waals surface area contributed by atoms with E-state index in [2.05, 4.69) is 97.1 Å². The molecule has 24 heavy (non-hydrogen) atoms. The molecule has 1 nitrogen and oxygen atoms in total. The lowest BCUT2D eigenvalue weighted by Crippen LogP contribution is -2.27. The van der Waals surface area contributed by atoms with Crippen LogP contribution in [0.4, 0.5) is 11.4 Å². The Labute approximate surface area is 147 Å². The second kappa shape index (κ2) is 5.12. The van der Waals surface area contributed by atoms with Gasteiger partial charge in [-0.1, -0.05) is 79.7 Å². The smallest absolute Gasteiger partial charge is 0.0428 e. The predicted octanol–water partition coefficient (Wildman–Crippen LogP) is 6.66. The van der Waals surface area contributed by atoms with Crippen molar-refractivity contribution >= 4 is 11.4 Å². The third-order valence-electron chi connectivity index (χ3n) is 5.39. The van der Waals surface area contributed by atoms with E-state index < -0.39 is 0 Å². The number of fused-ring (bicyclic) bond motifs is 2. The number of rotatable bonds is 0. The summed E-state index contributed by atoms with van der Waals surface area (Å²) in [5.74, 6) is 0. The Morgan fingerprint density at radius 2 is 1.04 bits per heavy atom. The summed E-state index contributed by atoms with van der Waals surface area (Å²) in [5.41, 5.74) is 8.36. The molecule has 1 N–H and O–H groups in total. The van der Waals surface area contributed by atoms with Crippen molar-refractivity contribution in [2.45, 2.75) is 71.6 Å². The van der Waals surface area contributed by atoms with Crippen LogP contribution in [-0.2, 0) is 16.2 Å². The molecule has 0 atom stereocenters. The van der Waals surface area contributed by atoms with Gasteiger partial charge in [0.2, 0.25) is 0 Å². The quantitative estimate of drug-likeness (QED) is 0.571. The zero-order chi connectivity index (χ0) is 17.9. The molecule has 0 bridgehead atoms. The Morgan fingerprint density at radius 3 is 1.38 bits per heavy atom. The van der Waals surface area contributed by atoms with Gasteiger partial charge in [0.25, 0.3) is 0 Å². The topological polar surface area (TPSA) is 12.0 Å². The molecular weight excluding hydrogens is 290 g/mol. The zero-order valence-electron chi connectivity index (χ0n) is 16.5. The van der Waals surface area contributed by atoms with Crippen molar-refractivity contribution in [3.05, 3.63) is 58.7 Å². The molecule has 1 heteroatoms. The summed E-state index contributed by atoms with van der Waals surface area (Å²) in [7, 11) is 0. The molecule has 1 heterocycles. The van der Waals surface area contributed by atoms with Gasteiger partial charge in [-0.05, 0) is 45.2 Å². The van der Waals surface area contributed by atoms with E-state index in [4.69, 9.17) is 0 Å². The monoisotopic (exact) mass is 321 g/mol. The van der Waals surface area contributed by atoms with E-state index in [1.54, 1.807) is 0 Å². The predicted molar refractivity (Wildman–Crippen MR) is 106 cm³/mol. The first-order valence-corrected chi connectivity index (χ1v) is 8.98. The molecule has 0 aromatic heterocycles. The van der Waals surface area contributed by atoms with Gasteiger partial charge in [0.1, 0.15) is 0 Å². The maximum atomic E-state index is 3.72. The fourth-order valence-electron chi connectivity index (χ4n) is 3.61. The van der Waals surface area contributed by atoms with E-state index in [1.807, 2.05) is 0 Å². The SMILES string of the molecule is CC(C)(C)c1ccc2c(c1)Nc1cc(C(C)(C)C)ccc1C2(C)C. The van der Waals surface area contributed by atoms with Crippen LogP contribution in [0, 0.1) is 0 Å². The van der Waals surface area contributed by atoms with Gasteiger partial charge in [0.15, 0.2) is 0 Å². The van der Waals surface area contributed by atoms with Crippen LogP contribution in [0.25, 0.3) is 0 Å². The van der Waals surface area contributed by atoms with Crippen LogP contribution >= 0.6 is 0 Å². The second-order valence-electron chi connectivity index (χ2n) is 9.77. The molecule has 0 amide bonds. The average Bonchev–Trinajstić information content (AvgIpc) is 2.44. The highest BCUT2D eigenvalue weighted by atomic mass is 14.9. The molecule has 0 saturated carbocycles. The summed E-state index contributed by atoms with van der Waals surface area (Å²) in [4.78, 5) is 0. The minimum absolute atomic E-state index is 0.0166. The van der Waals surface area contributed by atoms with Gasteiger partial charge in [-0.15, -0.1) is 0 Å². The van der Waals surface area contributed by atoms with Crippen LogP contribution in [0.5, 0.6) is 0 Å². The number of hydrogen-bond acceptors (Lipinski definition) is 1. The van der Waals surface area contributed by atoms with Gasteiger partial charge < -0.3 is 5.32 Å². The van der Waals surface area contributed by atoms with Crippen LogP contribution in [0.2, 0.25) is 0 Å². The highest BCUT2D eigenvalue weighted by molar-refractivity contribution is 5.76. The molecule has 0 fully saturated rings. The van der Waals surface area contributed by atoms with E-state index >= 15 is 0 Å². The van der Waals surface area contributed by atoms with E-state index in [0.717, 1.165) is 0 Å². The summed E-state index contributed by atoms with van der Waals surface area (Å²) >= 11 is 0. The second-order valence-corrected chi connectivity index (χ2v) is 9.77. The molecule has 0 unspecified atom stereocenters. The average molecular weight is 322 g/mol. The van der Waals surface area contributed by atoms with Crippen molar-refractivity contribution in [2.75, 3.05) is 5.32 Å². The van der Waals surface area contributed by atoms with Crippen molar-refractivity contribution in [3.63, 3.8) is 0 Å². The van der Waals surface area contributed by atoms with Gasteiger partial charge in [-0.25, -0.2) is 0 Å². The Morgan fingerprint density at radius 1 is 0.667 bits per heavy atom. The summed E-state index contributed by atoms with van der Waals surface area (Å²) in [5, 5.41) is 3.72. The zero-order valence-corrected chi connectivity index (χ0v) is 16.5. The standard InChI is InChI=1S/C23H31N/c1-21(2,3)15-9-11-17-19(13-15)24-20-14-16(22(4,5)6)10-12-18(20)23(17,7)8/h9-14,24H,1-8H3. The third kappa shape index (κ3) is 2.75. The highest BCUT2D eigenvalue weighted by Crippen LogP contribution is 2.47. The maximum Gasteiger partial charge on any atom is 0.0428 e. The molecule has 0 radical (unpaired) electrons. The lowest BCUT2D eigenvalue weighted by molar-refractivity contribution is 0.583. The van der Waals surface area contributed by atoms with E-state index in [9.17, 15) is 0 Å². The van der Waals surface area contributed by atoms with Crippen molar-refractivity contribution in [1.29, 1.82) is 0 Å². The number of hydrogen-bond donors (Lipinski definition) is 1. The minimum atomic E-state index is 0.0166. The van der Waals surface area contributed by atoms with Gasteiger partial charge in [0.05, 0.1) is 0 Å². The fraction of sp³-hybridized carbons (Fsp3) is 0.478. The summed E-state index contributed by atoms with van der Waals surface area (Å²) < 4.78 is 0. The molecular formula is C23H31N. The number of benzene rings is 2. The molecule has 0 spiro atoms. The Hall–Kier alpha value is -1.76. The fourth-order valence-corrected chi connectivity index (χ4v) is 3.61. The lowest BCUT2D eigenvalue weighted by atomic mass is 9.72. The molecule has 1 aliphatic rings. The molecule has 0 saturated heterocycles. The maximum absolute atomic E-state index is 3.72. The summed E-state index contributed by atoms with van der Waals surface area (Å²) in [6.45, 7) is 18.3. The molecule has 128 valence electrons. The molecule has 3 rings (SSSR count). The van der Waals surface area contributed by atoms with Crippen molar-refractivity contribution in [3.8, 4) is 0 Å². The largest absolute Gasteiger partial charge is 0.355 e. The van der Waals surface area contributed by atoms with E-state index in [-0.39, 0.29) is 16.2 Å². The Kier molecular flexibility index (Phi) is 3.64. The van der Waals surface area contributed by atoms with Crippen molar-refractivity contribution in [1.82, 2.24) is 0 Å². The summed E-state index contributed by atoms with van der Waals surface area (Å²) in [6.07, 6.45) is 0. The van der Waals surface area contributed by atoms with E-state index in [0.29, 0.717) is 0 Å². The lowest BCUT2D eigenvalue weighted by Gasteiger charge is -2.37. The Balaban J connectivity index is 2.15.